The molecule has 0 spiro atoms. The molecule has 0 aliphatic rings. The summed E-state index contributed by atoms with van der Waals surface area (Å²) >= 11 is 6.11. The summed E-state index contributed by atoms with van der Waals surface area (Å²) < 4.78 is 5.46. The molecule has 2 aromatic carbocycles. The third-order valence-electron chi connectivity index (χ3n) is 4.26. The van der Waals surface area contributed by atoms with E-state index in [1.54, 1.807) is 6.34 Å². The van der Waals surface area contributed by atoms with Crippen LogP contribution < -0.4 is 0 Å². The Kier molecular flexibility index (Phi) is 6.81. The Labute approximate surface area is 160 Å². The lowest BCUT2D eigenvalue weighted by Gasteiger charge is -2.12. The van der Waals surface area contributed by atoms with Gasteiger partial charge in [0.15, 0.2) is 0 Å². The first-order valence-corrected chi connectivity index (χ1v) is 8.97. The summed E-state index contributed by atoms with van der Waals surface area (Å²) in [5.74, 6) is -0.344. The van der Waals surface area contributed by atoms with E-state index in [1.165, 1.54) is 0 Å². The molecule has 138 valence electrons. The van der Waals surface area contributed by atoms with E-state index in [2.05, 4.69) is 11.9 Å². The Morgan fingerprint density at radius 1 is 1.15 bits per heavy atom. The second-order valence-electron chi connectivity index (χ2n) is 6.43. The number of hydrogen-bond donors (Lipinski definition) is 0. The van der Waals surface area contributed by atoms with Crippen molar-refractivity contribution in [2.24, 2.45) is 4.99 Å². The van der Waals surface area contributed by atoms with E-state index in [0.29, 0.717) is 10.6 Å². The highest BCUT2D eigenvalue weighted by Crippen LogP contribution is 2.24. The molecule has 0 atom stereocenters. The maximum atomic E-state index is 12.5. The predicted octanol–water partition coefficient (Wildman–Crippen LogP) is 5.23. The Bertz CT molecular complexity index is 831. The summed E-state index contributed by atoms with van der Waals surface area (Å²) in [6.07, 6.45) is 1.79. The molecule has 0 amide bonds. The van der Waals surface area contributed by atoms with Crippen LogP contribution in [0.5, 0.6) is 0 Å². The molecular weight excluding hydrogens is 348 g/mol. The van der Waals surface area contributed by atoms with Crippen LogP contribution in [0.15, 0.2) is 35.3 Å². The van der Waals surface area contributed by atoms with Gasteiger partial charge in [-0.2, -0.15) is 0 Å². The SMILES string of the molecule is CCN(C)/C=N/c1cc(C)c(C(=O)OCc2ccc(C)c(Cl)c2)cc1C. The largest absolute Gasteiger partial charge is 0.457 e. The summed E-state index contributed by atoms with van der Waals surface area (Å²) in [5.41, 5.74) is 5.05. The van der Waals surface area contributed by atoms with E-state index in [9.17, 15) is 4.79 Å². The van der Waals surface area contributed by atoms with E-state index in [1.807, 2.05) is 63.1 Å². The minimum absolute atomic E-state index is 0.193. The van der Waals surface area contributed by atoms with Crippen molar-refractivity contribution in [3.8, 4) is 0 Å². The first kappa shape index (κ1) is 20.0. The summed E-state index contributed by atoms with van der Waals surface area (Å²) in [4.78, 5) is 18.9. The predicted molar refractivity (Wildman–Crippen MR) is 108 cm³/mol. The highest BCUT2D eigenvalue weighted by atomic mass is 35.5. The first-order chi connectivity index (χ1) is 12.3. The zero-order valence-corrected chi connectivity index (χ0v) is 16.7. The lowest BCUT2D eigenvalue weighted by atomic mass is 10.0. The van der Waals surface area contributed by atoms with Crippen LogP contribution in [-0.2, 0) is 11.3 Å². The molecule has 0 aliphatic heterocycles. The second-order valence-corrected chi connectivity index (χ2v) is 6.84. The Morgan fingerprint density at radius 3 is 2.54 bits per heavy atom. The van der Waals surface area contributed by atoms with Gasteiger partial charge >= 0.3 is 5.97 Å². The van der Waals surface area contributed by atoms with Crippen LogP contribution in [0.3, 0.4) is 0 Å². The zero-order valence-electron chi connectivity index (χ0n) is 16.0. The van der Waals surface area contributed by atoms with Gasteiger partial charge in [-0.25, -0.2) is 9.79 Å². The van der Waals surface area contributed by atoms with Gasteiger partial charge in [-0.1, -0.05) is 23.7 Å². The lowest BCUT2D eigenvalue weighted by Crippen LogP contribution is -2.14. The normalized spacial score (nSPS) is 11.0. The average molecular weight is 373 g/mol. The summed E-state index contributed by atoms with van der Waals surface area (Å²) in [6.45, 7) is 8.90. The maximum absolute atomic E-state index is 12.5. The van der Waals surface area contributed by atoms with Gasteiger partial charge in [-0.15, -0.1) is 0 Å². The molecule has 0 bridgehead atoms. The van der Waals surface area contributed by atoms with Crippen LogP contribution >= 0.6 is 11.6 Å². The fourth-order valence-electron chi connectivity index (χ4n) is 2.36. The van der Waals surface area contributed by atoms with Crippen molar-refractivity contribution >= 4 is 29.6 Å². The fraction of sp³-hybridized carbons (Fsp3) is 0.333. The van der Waals surface area contributed by atoms with E-state index >= 15 is 0 Å². The minimum atomic E-state index is -0.344. The van der Waals surface area contributed by atoms with Crippen molar-refractivity contribution < 1.29 is 9.53 Å². The molecule has 0 aromatic heterocycles. The van der Waals surface area contributed by atoms with Crippen molar-refractivity contribution in [2.75, 3.05) is 13.6 Å². The summed E-state index contributed by atoms with van der Waals surface area (Å²) in [7, 11) is 1.97. The van der Waals surface area contributed by atoms with Gasteiger partial charge < -0.3 is 9.64 Å². The van der Waals surface area contributed by atoms with Crippen molar-refractivity contribution in [3.63, 3.8) is 0 Å². The molecule has 0 unspecified atom stereocenters. The molecule has 0 saturated heterocycles. The van der Waals surface area contributed by atoms with Crippen molar-refractivity contribution in [1.29, 1.82) is 0 Å². The maximum Gasteiger partial charge on any atom is 0.338 e. The number of rotatable bonds is 6. The smallest absolute Gasteiger partial charge is 0.338 e. The molecule has 0 N–H and O–H groups in total. The number of carbonyl (C=O) groups is 1. The van der Waals surface area contributed by atoms with Crippen LogP contribution in [0.2, 0.25) is 5.02 Å². The average Bonchev–Trinajstić information content (AvgIpc) is 2.62. The quantitative estimate of drug-likeness (QED) is 0.396. The molecule has 26 heavy (non-hydrogen) atoms. The lowest BCUT2D eigenvalue weighted by molar-refractivity contribution is 0.0472. The van der Waals surface area contributed by atoms with Crippen molar-refractivity contribution in [3.05, 3.63) is 63.2 Å². The number of carbonyl (C=O) groups excluding carboxylic acids is 1. The molecule has 0 fully saturated rings. The van der Waals surface area contributed by atoms with Crippen LogP contribution in [0.25, 0.3) is 0 Å². The van der Waals surface area contributed by atoms with E-state index in [4.69, 9.17) is 16.3 Å². The fourth-order valence-corrected chi connectivity index (χ4v) is 2.56. The first-order valence-electron chi connectivity index (χ1n) is 8.59. The number of hydrogen-bond acceptors (Lipinski definition) is 3. The Hall–Kier alpha value is -2.33. The van der Waals surface area contributed by atoms with Crippen LogP contribution in [0.4, 0.5) is 5.69 Å². The van der Waals surface area contributed by atoms with Gasteiger partial charge in [0, 0.05) is 18.6 Å². The van der Waals surface area contributed by atoms with Crippen molar-refractivity contribution in [2.45, 2.75) is 34.3 Å². The molecule has 0 radical (unpaired) electrons. The van der Waals surface area contributed by atoms with Gasteiger partial charge in [0.2, 0.25) is 0 Å². The molecule has 0 heterocycles. The minimum Gasteiger partial charge on any atom is -0.457 e. The van der Waals surface area contributed by atoms with Gasteiger partial charge in [-0.3, -0.25) is 0 Å². The van der Waals surface area contributed by atoms with E-state index in [-0.39, 0.29) is 12.6 Å². The number of ether oxygens (including phenoxy) is 1. The van der Waals surface area contributed by atoms with Crippen molar-refractivity contribution in [1.82, 2.24) is 4.90 Å². The molecule has 0 saturated carbocycles. The molecular formula is C21H25ClN2O2. The Balaban J connectivity index is 2.12. The molecule has 0 aliphatic carbocycles. The number of halogens is 1. The number of aryl methyl sites for hydroxylation is 3. The standard InChI is InChI=1S/C21H25ClN2O2/c1-6-24(5)13-23-20-10-15(3)18(9-16(20)4)21(25)26-12-17-8-7-14(2)19(22)11-17/h7-11,13H,6,12H2,1-5H3/b23-13+. The van der Waals surface area contributed by atoms with Crippen LogP contribution in [0, 0.1) is 20.8 Å². The van der Waals surface area contributed by atoms with Crippen LogP contribution in [0.1, 0.15) is 39.5 Å². The number of nitrogens with zero attached hydrogens (tertiary/aromatic N) is 2. The third kappa shape index (κ3) is 5.09. The third-order valence-corrected chi connectivity index (χ3v) is 4.67. The van der Waals surface area contributed by atoms with Gasteiger partial charge in [0.25, 0.3) is 0 Å². The van der Waals surface area contributed by atoms with Crippen LogP contribution in [-0.4, -0.2) is 30.8 Å². The highest BCUT2D eigenvalue weighted by Gasteiger charge is 2.13. The summed E-state index contributed by atoms with van der Waals surface area (Å²) in [5, 5.41) is 0.671. The monoisotopic (exact) mass is 372 g/mol. The number of benzene rings is 2. The number of esters is 1. The molecule has 5 heteroatoms. The Morgan fingerprint density at radius 2 is 1.88 bits per heavy atom. The topological polar surface area (TPSA) is 41.9 Å². The molecule has 2 rings (SSSR count). The van der Waals surface area contributed by atoms with Gasteiger partial charge in [0.05, 0.1) is 17.6 Å². The van der Waals surface area contributed by atoms with Gasteiger partial charge in [0.1, 0.15) is 6.61 Å². The highest BCUT2D eigenvalue weighted by molar-refractivity contribution is 6.31. The number of aliphatic imine (C=N–C) groups is 1. The van der Waals surface area contributed by atoms with Gasteiger partial charge in [-0.05, 0) is 68.1 Å². The molecule has 2 aromatic rings. The zero-order chi connectivity index (χ0) is 19.3. The van der Waals surface area contributed by atoms with E-state index in [0.717, 1.165) is 34.5 Å². The summed E-state index contributed by atoms with van der Waals surface area (Å²) in [6, 6.07) is 9.40. The van der Waals surface area contributed by atoms with E-state index < -0.39 is 0 Å². The molecule has 4 nitrogen and oxygen atoms in total. The second kappa shape index (κ2) is 8.86.